The Labute approximate surface area is 121 Å². The maximum Gasteiger partial charge on any atom is 0.316 e. The van der Waals surface area contributed by atoms with E-state index in [1.54, 1.807) is 18.2 Å². The van der Waals surface area contributed by atoms with Crippen LogP contribution in [0.5, 0.6) is 5.75 Å². The zero-order valence-corrected chi connectivity index (χ0v) is 11.6. The van der Waals surface area contributed by atoms with E-state index < -0.39 is 21.6 Å². The summed E-state index contributed by atoms with van der Waals surface area (Å²) in [6, 6.07) is 9.01. The van der Waals surface area contributed by atoms with E-state index in [0.717, 1.165) is 0 Å². The smallest absolute Gasteiger partial charge is 0.316 e. The number of nitrogens with two attached hydrogens (primary N) is 2. The Morgan fingerprint density at radius 3 is 2.29 bits per heavy atom. The molecule has 2 aromatic rings. The van der Waals surface area contributed by atoms with Crippen molar-refractivity contribution in [2.75, 3.05) is 11.1 Å². The normalized spacial score (nSPS) is 11.0. The van der Waals surface area contributed by atoms with Gasteiger partial charge in [0, 0.05) is 0 Å². The van der Waals surface area contributed by atoms with Crippen molar-refractivity contribution in [2.24, 2.45) is 5.73 Å². The summed E-state index contributed by atoms with van der Waals surface area (Å²) in [6.45, 7) is 0. The van der Waals surface area contributed by atoms with Crippen molar-refractivity contribution in [1.29, 1.82) is 0 Å². The maximum absolute atomic E-state index is 12.6. The highest BCUT2D eigenvalue weighted by molar-refractivity contribution is 7.91. The van der Waals surface area contributed by atoms with Crippen LogP contribution in [-0.4, -0.2) is 19.6 Å². The summed E-state index contributed by atoms with van der Waals surface area (Å²) in [5.41, 5.74) is 10.1. The number of carbonyl (C=O) groups excluding carboxylic acids is 1. The molecule has 110 valence electrons. The van der Waals surface area contributed by atoms with Crippen LogP contribution in [0.1, 0.15) is 0 Å². The Bertz CT molecular complexity index is 789. The number of phenolic OH excluding ortho intramolecular Hbond substituents is 1. The number of sulfone groups is 1. The van der Waals surface area contributed by atoms with Crippen LogP contribution >= 0.6 is 0 Å². The third-order valence-electron chi connectivity index (χ3n) is 2.76. The molecule has 0 heterocycles. The number of hydrogen-bond donors (Lipinski definition) is 4. The Morgan fingerprint density at radius 1 is 1.10 bits per heavy atom. The lowest BCUT2D eigenvalue weighted by Crippen LogP contribution is -2.21. The Kier molecular flexibility index (Phi) is 3.72. The molecule has 0 saturated heterocycles. The number of benzene rings is 2. The minimum atomic E-state index is -3.94. The van der Waals surface area contributed by atoms with Crippen LogP contribution in [0.15, 0.2) is 52.3 Å². The number of nitrogens with one attached hydrogen (secondary N) is 1. The molecule has 0 fully saturated rings. The number of aromatic hydroxyl groups is 1. The average Bonchev–Trinajstić information content (AvgIpc) is 2.44. The highest BCUT2D eigenvalue weighted by Gasteiger charge is 2.25. The van der Waals surface area contributed by atoms with Gasteiger partial charge in [-0.3, -0.25) is 0 Å². The van der Waals surface area contributed by atoms with E-state index in [1.165, 1.54) is 24.3 Å². The van der Waals surface area contributed by atoms with Crippen LogP contribution in [0.4, 0.5) is 16.2 Å². The van der Waals surface area contributed by atoms with Crippen molar-refractivity contribution in [2.45, 2.75) is 9.79 Å². The second kappa shape index (κ2) is 5.33. The SMILES string of the molecule is NC(=O)Nc1c(S(=O)(=O)c2ccccc2)ccc(N)c1O. The first-order valence-electron chi connectivity index (χ1n) is 5.82. The van der Waals surface area contributed by atoms with Crippen molar-refractivity contribution in [3.63, 3.8) is 0 Å². The fraction of sp³-hybridized carbons (Fsp3) is 0. The molecule has 2 rings (SSSR count). The number of hydrogen-bond acceptors (Lipinski definition) is 5. The Balaban J connectivity index is 2.69. The molecule has 0 spiro atoms. The summed E-state index contributed by atoms with van der Waals surface area (Å²) < 4.78 is 25.1. The predicted molar refractivity (Wildman–Crippen MR) is 77.6 cm³/mol. The highest BCUT2D eigenvalue weighted by Crippen LogP contribution is 2.38. The van der Waals surface area contributed by atoms with E-state index in [-0.39, 0.29) is 21.2 Å². The van der Waals surface area contributed by atoms with Gasteiger partial charge in [0.25, 0.3) is 0 Å². The van der Waals surface area contributed by atoms with E-state index in [9.17, 15) is 18.3 Å². The lowest BCUT2D eigenvalue weighted by Gasteiger charge is -2.13. The number of primary amides is 1. The third kappa shape index (κ3) is 2.75. The molecule has 0 aliphatic heterocycles. The van der Waals surface area contributed by atoms with Gasteiger partial charge < -0.3 is 21.9 Å². The largest absolute Gasteiger partial charge is 0.504 e. The van der Waals surface area contributed by atoms with E-state index >= 15 is 0 Å². The number of anilines is 2. The Morgan fingerprint density at radius 2 is 1.71 bits per heavy atom. The van der Waals surface area contributed by atoms with Crippen LogP contribution in [0.25, 0.3) is 0 Å². The molecule has 7 nitrogen and oxygen atoms in total. The van der Waals surface area contributed by atoms with Crippen LogP contribution in [-0.2, 0) is 9.84 Å². The van der Waals surface area contributed by atoms with E-state index in [0.29, 0.717) is 0 Å². The van der Waals surface area contributed by atoms with Gasteiger partial charge in [-0.05, 0) is 24.3 Å². The molecule has 8 heteroatoms. The van der Waals surface area contributed by atoms with E-state index in [1.807, 2.05) is 0 Å². The van der Waals surface area contributed by atoms with Gasteiger partial charge in [-0.15, -0.1) is 0 Å². The van der Waals surface area contributed by atoms with Gasteiger partial charge >= 0.3 is 6.03 Å². The van der Waals surface area contributed by atoms with E-state index in [2.05, 4.69) is 5.32 Å². The fourth-order valence-corrected chi connectivity index (χ4v) is 3.22. The number of phenols is 1. The molecule has 0 aliphatic carbocycles. The first-order chi connectivity index (χ1) is 9.84. The molecule has 2 aromatic carbocycles. The minimum absolute atomic E-state index is 0.0155. The first kappa shape index (κ1) is 14.7. The van der Waals surface area contributed by atoms with Gasteiger partial charge in [0.1, 0.15) is 5.69 Å². The summed E-state index contributed by atoms with van der Waals surface area (Å²) in [4.78, 5) is 10.7. The van der Waals surface area contributed by atoms with Gasteiger partial charge in [-0.25, -0.2) is 13.2 Å². The molecular formula is C13H13N3O4S. The molecule has 6 N–H and O–H groups in total. The molecule has 0 saturated carbocycles. The Hall–Kier alpha value is -2.74. The lowest BCUT2D eigenvalue weighted by molar-refractivity contribution is 0.259. The topological polar surface area (TPSA) is 136 Å². The zero-order valence-electron chi connectivity index (χ0n) is 10.8. The molecular weight excluding hydrogens is 294 g/mol. The second-order valence-electron chi connectivity index (χ2n) is 4.18. The van der Waals surface area contributed by atoms with Crippen molar-refractivity contribution >= 4 is 27.2 Å². The number of rotatable bonds is 3. The van der Waals surface area contributed by atoms with Crippen LogP contribution in [0.2, 0.25) is 0 Å². The molecule has 0 unspecified atom stereocenters. The van der Waals surface area contributed by atoms with Crippen molar-refractivity contribution in [3.8, 4) is 5.75 Å². The second-order valence-corrected chi connectivity index (χ2v) is 6.10. The summed E-state index contributed by atoms with van der Waals surface area (Å²) in [7, 11) is -3.94. The monoisotopic (exact) mass is 307 g/mol. The third-order valence-corrected chi connectivity index (χ3v) is 4.57. The van der Waals surface area contributed by atoms with Crippen LogP contribution in [0.3, 0.4) is 0 Å². The lowest BCUT2D eigenvalue weighted by atomic mass is 10.2. The summed E-state index contributed by atoms with van der Waals surface area (Å²) in [5, 5.41) is 12.0. The predicted octanol–water partition coefficient (Wildman–Crippen LogP) is 1.30. The summed E-state index contributed by atoms with van der Waals surface area (Å²) in [6.07, 6.45) is 0. The number of amides is 2. The maximum atomic E-state index is 12.6. The summed E-state index contributed by atoms with van der Waals surface area (Å²) >= 11 is 0. The molecule has 0 atom stereocenters. The van der Waals surface area contributed by atoms with Gasteiger partial charge in [0.2, 0.25) is 9.84 Å². The number of urea groups is 1. The molecule has 2 amide bonds. The highest BCUT2D eigenvalue weighted by atomic mass is 32.2. The first-order valence-corrected chi connectivity index (χ1v) is 7.30. The molecule has 0 radical (unpaired) electrons. The van der Waals surface area contributed by atoms with Crippen molar-refractivity contribution in [3.05, 3.63) is 42.5 Å². The van der Waals surface area contributed by atoms with Gasteiger partial charge in [0.05, 0.1) is 15.5 Å². The number of nitrogen functional groups attached to an aromatic ring is 1. The average molecular weight is 307 g/mol. The standard InChI is InChI=1S/C13H13N3O4S/c14-9-6-7-10(11(12(9)17)16-13(15)18)21(19,20)8-4-2-1-3-5-8/h1-7,17H,14H2,(H3,15,16,18). The quantitative estimate of drug-likeness (QED) is 0.500. The molecule has 21 heavy (non-hydrogen) atoms. The van der Waals surface area contributed by atoms with Gasteiger partial charge in [-0.2, -0.15) is 0 Å². The number of carbonyl (C=O) groups is 1. The minimum Gasteiger partial charge on any atom is -0.504 e. The molecule has 0 aromatic heterocycles. The van der Waals surface area contributed by atoms with Crippen molar-refractivity contribution < 1.29 is 18.3 Å². The summed E-state index contributed by atoms with van der Waals surface area (Å²) in [5.74, 6) is -0.550. The van der Waals surface area contributed by atoms with Crippen molar-refractivity contribution in [1.82, 2.24) is 0 Å². The molecule has 0 bridgehead atoms. The molecule has 0 aliphatic rings. The zero-order chi connectivity index (χ0) is 15.6. The fourth-order valence-electron chi connectivity index (χ4n) is 1.78. The van der Waals surface area contributed by atoms with Gasteiger partial charge in [-0.1, -0.05) is 18.2 Å². The van der Waals surface area contributed by atoms with Crippen LogP contribution < -0.4 is 16.8 Å². The van der Waals surface area contributed by atoms with Crippen LogP contribution in [0, 0.1) is 0 Å². The van der Waals surface area contributed by atoms with Gasteiger partial charge in [0.15, 0.2) is 5.75 Å². The van der Waals surface area contributed by atoms with E-state index in [4.69, 9.17) is 11.5 Å².